The van der Waals surface area contributed by atoms with E-state index in [0.29, 0.717) is 17.3 Å². The molecule has 0 aliphatic rings. The fourth-order valence-electron chi connectivity index (χ4n) is 2.48. The summed E-state index contributed by atoms with van der Waals surface area (Å²) in [7, 11) is -0.415. The van der Waals surface area contributed by atoms with Gasteiger partial charge in [0.05, 0.1) is 16.8 Å². The van der Waals surface area contributed by atoms with Crippen molar-refractivity contribution in [1.29, 1.82) is 0 Å². The number of carbonyl (C=O) groups is 1. The van der Waals surface area contributed by atoms with Crippen molar-refractivity contribution < 1.29 is 22.0 Å². The number of sulfonamides is 1. The minimum atomic E-state index is -4.11. The Morgan fingerprint density at radius 2 is 1.60 bits per heavy atom. The van der Waals surface area contributed by atoms with Crippen LogP contribution in [0.4, 0.5) is 26.0 Å². The van der Waals surface area contributed by atoms with Gasteiger partial charge in [-0.25, -0.2) is 22.2 Å². The predicted octanol–water partition coefficient (Wildman–Crippen LogP) is 3.48. The Morgan fingerprint density at radius 1 is 0.933 bits per heavy atom. The van der Waals surface area contributed by atoms with Gasteiger partial charge in [-0.05, 0) is 54.6 Å². The molecule has 30 heavy (non-hydrogen) atoms. The smallest absolute Gasteiger partial charge is 0.261 e. The Kier molecular flexibility index (Phi) is 5.97. The molecule has 1 aromatic heterocycles. The highest BCUT2D eigenvalue weighted by Crippen LogP contribution is 2.19. The molecule has 0 spiro atoms. The Morgan fingerprint density at radius 3 is 2.17 bits per heavy atom. The van der Waals surface area contributed by atoms with Crippen LogP contribution in [-0.2, 0) is 10.0 Å². The van der Waals surface area contributed by atoms with Gasteiger partial charge in [-0.2, -0.15) is 0 Å². The number of halogens is 2. The van der Waals surface area contributed by atoms with E-state index in [1.54, 1.807) is 12.1 Å². The monoisotopic (exact) mass is 432 g/mol. The van der Waals surface area contributed by atoms with Gasteiger partial charge in [0, 0.05) is 25.3 Å². The number of hydrogen-bond acceptors (Lipinski definition) is 5. The molecule has 0 saturated carbocycles. The van der Waals surface area contributed by atoms with Crippen molar-refractivity contribution in [2.24, 2.45) is 0 Å². The normalized spacial score (nSPS) is 11.1. The van der Waals surface area contributed by atoms with Crippen molar-refractivity contribution in [3.8, 4) is 0 Å². The van der Waals surface area contributed by atoms with Crippen LogP contribution in [0.25, 0.3) is 0 Å². The summed E-state index contributed by atoms with van der Waals surface area (Å²) in [6.45, 7) is 0. The van der Waals surface area contributed by atoms with Crippen LogP contribution in [0.2, 0.25) is 0 Å². The molecule has 10 heteroatoms. The second-order valence-corrected chi connectivity index (χ2v) is 8.19. The molecule has 3 rings (SSSR count). The van der Waals surface area contributed by atoms with E-state index in [4.69, 9.17) is 0 Å². The minimum absolute atomic E-state index is 0.160. The summed E-state index contributed by atoms with van der Waals surface area (Å²) in [5, 5.41) is 2.69. The van der Waals surface area contributed by atoms with Gasteiger partial charge in [0.25, 0.3) is 15.9 Å². The van der Waals surface area contributed by atoms with Crippen LogP contribution < -0.4 is 14.9 Å². The van der Waals surface area contributed by atoms with Gasteiger partial charge in [-0.15, -0.1) is 0 Å². The number of carbonyl (C=O) groups excluding carboxylic acids is 1. The fraction of sp³-hybridized carbons (Fsp3) is 0.100. The number of amides is 1. The SMILES string of the molecule is CN(C)c1ccc(NC(=O)c2ccc(NS(=O)(=O)c3ccc(F)c(F)c3)cc2)cn1. The molecule has 0 aliphatic carbocycles. The lowest BCUT2D eigenvalue weighted by Gasteiger charge is -2.12. The first-order valence-corrected chi connectivity index (χ1v) is 10.2. The molecule has 2 aromatic carbocycles. The maximum Gasteiger partial charge on any atom is 0.261 e. The van der Waals surface area contributed by atoms with Crippen molar-refractivity contribution in [1.82, 2.24) is 4.98 Å². The molecule has 0 fully saturated rings. The van der Waals surface area contributed by atoms with Crippen LogP contribution in [0, 0.1) is 11.6 Å². The molecular weight excluding hydrogens is 414 g/mol. The van der Waals surface area contributed by atoms with Gasteiger partial charge in [0.15, 0.2) is 11.6 Å². The van der Waals surface area contributed by atoms with Gasteiger partial charge in [-0.3, -0.25) is 9.52 Å². The third-order valence-electron chi connectivity index (χ3n) is 4.06. The average Bonchev–Trinajstić information content (AvgIpc) is 2.70. The highest BCUT2D eigenvalue weighted by molar-refractivity contribution is 7.92. The second-order valence-electron chi connectivity index (χ2n) is 6.51. The van der Waals surface area contributed by atoms with Crippen LogP contribution in [0.5, 0.6) is 0 Å². The maximum absolute atomic E-state index is 13.3. The number of benzene rings is 2. The third kappa shape index (κ3) is 4.90. The van der Waals surface area contributed by atoms with Crippen molar-refractivity contribution in [3.05, 3.63) is 78.0 Å². The van der Waals surface area contributed by atoms with Gasteiger partial charge in [0.1, 0.15) is 5.82 Å². The molecule has 7 nitrogen and oxygen atoms in total. The molecule has 0 radical (unpaired) electrons. The summed E-state index contributed by atoms with van der Waals surface area (Å²) in [5.74, 6) is -2.07. The summed E-state index contributed by atoms with van der Waals surface area (Å²) in [4.78, 5) is 18.0. The average molecular weight is 432 g/mol. The number of hydrogen-bond donors (Lipinski definition) is 2. The minimum Gasteiger partial charge on any atom is -0.363 e. The first-order chi connectivity index (χ1) is 14.2. The third-order valence-corrected chi connectivity index (χ3v) is 5.44. The van der Waals surface area contributed by atoms with Crippen molar-refractivity contribution in [2.75, 3.05) is 29.0 Å². The molecule has 0 bridgehead atoms. The molecule has 0 saturated heterocycles. The summed E-state index contributed by atoms with van der Waals surface area (Å²) in [6, 6.07) is 11.4. The van der Waals surface area contributed by atoms with E-state index in [1.165, 1.54) is 30.5 Å². The quantitative estimate of drug-likeness (QED) is 0.622. The largest absolute Gasteiger partial charge is 0.363 e. The van der Waals surface area contributed by atoms with E-state index in [0.717, 1.165) is 18.0 Å². The number of aromatic nitrogens is 1. The molecule has 1 amide bonds. The first kappa shape index (κ1) is 21.2. The highest BCUT2D eigenvalue weighted by atomic mass is 32.2. The van der Waals surface area contributed by atoms with Crippen molar-refractivity contribution in [3.63, 3.8) is 0 Å². The van der Waals surface area contributed by atoms with E-state index >= 15 is 0 Å². The van der Waals surface area contributed by atoms with Crippen LogP contribution in [0.15, 0.2) is 65.7 Å². The first-order valence-electron chi connectivity index (χ1n) is 8.68. The van der Waals surface area contributed by atoms with Crippen LogP contribution >= 0.6 is 0 Å². The van der Waals surface area contributed by atoms with Crippen LogP contribution in [-0.4, -0.2) is 33.4 Å². The number of nitrogens with zero attached hydrogens (tertiary/aromatic N) is 2. The lowest BCUT2D eigenvalue weighted by atomic mass is 10.2. The zero-order valence-electron chi connectivity index (χ0n) is 16.1. The van der Waals surface area contributed by atoms with E-state index < -0.39 is 32.5 Å². The Hall–Kier alpha value is -3.53. The lowest BCUT2D eigenvalue weighted by molar-refractivity contribution is 0.102. The Balaban J connectivity index is 1.69. The summed E-state index contributed by atoms with van der Waals surface area (Å²) in [5.41, 5.74) is 0.962. The molecular formula is C20H18F2N4O3S. The van der Waals surface area contributed by atoms with E-state index in [9.17, 15) is 22.0 Å². The summed E-state index contributed by atoms with van der Waals surface area (Å²) < 4.78 is 53.2. The van der Waals surface area contributed by atoms with Crippen LogP contribution in [0.3, 0.4) is 0 Å². The van der Waals surface area contributed by atoms with Crippen molar-refractivity contribution in [2.45, 2.75) is 4.90 Å². The predicted molar refractivity (Wildman–Crippen MR) is 110 cm³/mol. The van der Waals surface area contributed by atoms with E-state index in [-0.39, 0.29) is 5.69 Å². The lowest BCUT2D eigenvalue weighted by Crippen LogP contribution is -2.15. The Bertz CT molecular complexity index is 1170. The fourth-order valence-corrected chi connectivity index (χ4v) is 3.55. The van der Waals surface area contributed by atoms with Gasteiger partial charge >= 0.3 is 0 Å². The van der Waals surface area contributed by atoms with E-state index in [2.05, 4.69) is 15.0 Å². The molecule has 3 aromatic rings. The van der Waals surface area contributed by atoms with Gasteiger partial charge in [-0.1, -0.05) is 0 Å². The van der Waals surface area contributed by atoms with Crippen molar-refractivity contribution >= 4 is 33.1 Å². The second kappa shape index (κ2) is 8.46. The number of pyridine rings is 1. The Labute approximate surface area is 172 Å². The molecule has 1 heterocycles. The summed E-state index contributed by atoms with van der Waals surface area (Å²) >= 11 is 0. The van der Waals surface area contributed by atoms with E-state index in [1.807, 2.05) is 19.0 Å². The standard InChI is InChI=1S/C20H18F2N4O3S/c1-26(2)19-10-7-15(12-23-19)24-20(27)13-3-5-14(6-4-13)25-30(28,29)16-8-9-17(21)18(22)11-16/h3-12,25H,1-2H3,(H,24,27). The molecule has 2 N–H and O–H groups in total. The van der Waals surface area contributed by atoms with Gasteiger partial charge in [0.2, 0.25) is 0 Å². The number of nitrogens with one attached hydrogen (secondary N) is 2. The zero-order chi connectivity index (χ0) is 21.9. The number of anilines is 3. The molecule has 0 unspecified atom stereocenters. The maximum atomic E-state index is 13.3. The molecule has 0 aliphatic heterocycles. The highest BCUT2D eigenvalue weighted by Gasteiger charge is 2.17. The summed E-state index contributed by atoms with van der Waals surface area (Å²) in [6.07, 6.45) is 1.53. The zero-order valence-corrected chi connectivity index (χ0v) is 16.9. The number of rotatable bonds is 6. The topological polar surface area (TPSA) is 91.4 Å². The van der Waals surface area contributed by atoms with Crippen LogP contribution in [0.1, 0.15) is 10.4 Å². The van der Waals surface area contributed by atoms with Gasteiger partial charge < -0.3 is 10.2 Å². The molecule has 156 valence electrons. The molecule has 0 atom stereocenters.